The van der Waals surface area contributed by atoms with Gasteiger partial charge in [0.1, 0.15) is 5.82 Å². The van der Waals surface area contributed by atoms with Crippen LogP contribution >= 0.6 is 23.2 Å². The maximum Gasteiger partial charge on any atom is 0.304 e. The fraction of sp³-hybridized carbons (Fsp3) is 0.481. The van der Waals surface area contributed by atoms with Crippen molar-refractivity contribution in [1.82, 2.24) is 5.32 Å². The first kappa shape index (κ1) is 29.4. The quantitative estimate of drug-likeness (QED) is 0.374. The van der Waals surface area contributed by atoms with Gasteiger partial charge in [-0.25, -0.2) is 12.8 Å². The molecule has 37 heavy (non-hydrogen) atoms. The molecule has 0 aliphatic carbocycles. The number of piperidine rings is 1. The molecule has 6 nitrogen and oxygen atoms in total. The third-order valence-corrected chi connectivity index (χ3v) is 10.3. The number of benzene rings is 2. The Morgan fingerprint density at radius 3 is 2.30 bits per heavy atom. The van der Waals surface area contributed by atoms with Gasteiger partial charge in [-0.05, 0) is 74.1 Å². The van der Waals surface area contributed by atoms with Gasteiger partial charge >= 0.3 is 5.97 Å². The SMILES string of the molecule is CC(C[C@@H](c1ccc(Cl)cc1)S(=O)(=O)C(C)C)[C@@H]1NC(=O)[C@](C)(CC(=O)O)C[C@@H]1c1cc(F)cc(Cl)c1. The number of halogens is 3. The molecule has 0 spiro atoms. The molecule has 0 aromatic heterocycles. The average molecular weight is 573 g/mol. The second-order valence-electron chi connectivity index (χ2n) is 10.5. The summed E-state index contributed by atoms with van der Waals surface area (Å²) in [5.74, 6) is -2.96. The summed E-state index contributed by atoms with van der Waals surface area (Å²) >= 11 is 12.2. The van der Waals surface area contributed by atoms with Crippen molar-refractivity contribution in [2.45, 2.75) is 69.4 Å². The monoisotopic (exact) mass is 571 g/mol. The molecule has 3 rings (SSSR count). The average Bonchev–Trinajstić information content (AvgIpc) is 2.78. The highest BCUT2D eigenvalue weighted by Gasteiger charge is 2.48. The van der Waals surface area contributed by atoms with Gasteiger partial charge in [-0.3, -0.25) is 9.59 Å². The summed E-state index contributed by atoms with van der Waals surface area (Å²) in [5.41, 5.74) is -0.119. The maximum absolute atomic E-state index is 14.3. The van der Waals surface area contributed by atoms with E-state index in [1.54, 1.807) is 51.1 Å². The van der Waals surface area contributed by atoms with Gasteiger partial charge in [0.05, 0.1) is 22.3 Å². The normalized spacial score (nSPS) is 23.9. The van der Waals surface area contributed by atoms with Crippen LogP contribution in [0.15, 0.2) is 42.5 Å². The zero-order chi connectivity index (χ0) is 27.7. The van der Waals surface area contributed by atoms with Crippen molar-refractivity contribution < 1.29 is 27.5 Å². The predicted octanol–water partition coefficient (Wildman–Crippen LogP) is 6.18. The van der Waals surface area contributed by atoms with Crippen LogP contribution in [-0.2, 0) is 19.4 Å². The number of amides is 1. The fourth-order valence-corrected chi connectivity index (χ4v) is 7.34. The van der Waals surface area contributed by atoms with Crippen molar-refractivity contribution in [3.8, 4) is 0 Å². The molecule has 2 N–H and O–H groups in total. The van der Waals surface area contributed by atoms with Gasteiger partial charge in [-0.15, -0.1) is 0 Å². The van der Waals surface area contributed by atoms with E-state index in [1.165, 1.54) is 12.1 Å². The number of rotatable bonds is 9. The first-order valence-corrected chi connectivity index (χ1v) is 14.5. The van der Waals surface area contributed by atoms with Crippen LogP contribution in [0.4, 0.5) is 4.39 Å². The zero-order valence-corrected chi connectivity index (χ0v) is 23.5. The summed E-state index contributed by atoms with van der Waals surface area (Å²) in [6.07, 6.45) is -0.0701. The molecule has 1 amide bonds. The predicted molar refractivity (Wildman–Crippen MR) is 143 cm³/mol. The van der Waals surface area contributed by atoms with Crippen LogP contribution in [0, 0.1) is 17.2 Å². The van der Waals surface area contributed by atoms with E-state index in [9.17, 15) is 27.5 Å². The molecule has 1 aliphatic rings. The molecule has 202 valence electrons. The highest BCUT2D eigenvalue weighted by atomic mass is 35.5. The standard InChI is InChI=1S/C27H32Cl2FNO5S/c1-15(2)37(35,36)23(17-5-7-19(28)8-6-17)9-16(3)25-22(18-10-20(29)12-21(30)11-18)13-27(4,14-24(32)33)26(34)31-25/h5-8,10-12,15-16,22-23,25H,9,13-14H2,1-4H3,(H,31,34)(H,32,33)/t16?,22-,23+,25+,27+/m1/s1. The molecular weight excluding hydrogens is 540 g/mol. The van der Waals surface area contributed by atoms with Crippen molar-refractivity contribution in [2.24, 2.45) is 11.3 Å². The summed E-state index contributed by atoms with van der Waals surface area (Å²) < 4.78 is 41.2. The number of carbonyl (C=O) groups is 2. The van der Waals surface area contributed by atoms with Crippen LogP contribution in [0.25, 0.3) is 0 Å². The Bertz CT molecular complexity index is 1250. The lowest BCUT2D eigenvalue weighted by Crippen LogP contribution is -2.56. The third kappa shape index (κ3) is 6.65. The highest BCUT2D eigenvalue weighted by molar-refractivity contribution is 7.92. The van der Waals surface area contributed by atoms with E-state index < -0.39 is 61.8 Å². The minimum Gasteiger partial charge on any atom is -0.481 e. The molecule has 1 unspecified atom stereocenters. The Morgan fingerprint density at radius 2 is 1.76 bits per heavy atom. The van der Waals surface area contributed by atoms with Gasteiger partial charge in [0.25, 0.3) is 0 Å². The van der Waals surface area contributed by atoms with Crippen LogP contribution in [0.5, 0.6) is 0 Å². The Balaban J connectivity index is 2.04. The van der Waals surface area contributed by atoms with Crippen LogP contribution in [0.1, 0.15) is 69.3 Å². The number of carbonyl (C=O) groups excluding carboxylic acids is 1. The Hall–Kier alpha value is -2.16. The van der Waals surface area contributed by atoms with Crippen molar-refractivity contribution >= 4 is 44.9 Å². The molecular formula is C27H32Cl2FNO5S. The molecule has 1 heterocycles. The summed E-state index contributed by atoms with van der Waals surface area (Å²) in [6, 6.07) is 10.2. The van der Waals surface area contributed by atoms with Crippen molar-refractivity contribution in [3.63, 3.8) is 0 Å². The molecule has 5 atom stereocenters. The van der Waals surface area contributed by atoms with Crippen molar-refractivity contribution in [1.29, 1.82) is 0 Å². The van der Waals surface area contributed by atoms with Gasteiger partial charge in [-0.1, -0.05) is 49.2 Å². The van der Waals surface area contributed by atoms with Crippen LogP contribution in [0.2, 0.25) is 10.0 Å². The maximum atomic E-state index is 14.3. The lowest BCUT2D eigenvalue weighted by molar-refractivity contribution is -0.147. The molecule has 2 aromatic rings. The van der Waals surface area contributed by atoms with E-state index in [4.69, 9.17) is 23.2 Å². The lowest BCUT2D eigenvalue weighted by atomic mass is 9.67. The minimum absolute atomic E-state index is 0.141. The number of carboxylic acids is 1. The third-order valence-electron chi connectivity index (χ3n) is 7.30. The number of carboxylic acid groups (broad SMARTS) is 1. The molecule has 1 fully saturated rings. The van der Waals surface area contributed by atoms with E-state index in [1.807, 2.05) is 6.92 Å². The highest BCUT2D eigenvalue weighted by Crippen LogP contribution is 2.45. The second kappa shape index (κ2) is 11.3. The van der Waals surface area contributed by atoms with E-state index in [-0.39, 0.29) is 23.8 Å². The Kier molecular flexibility index (Phi) is 8.97. The smallest absolute Gasteiger partial charge is 0.304 e. The number of hydrogen-bond acceptors (Lipinski definition) is 4. The Morgan fingerprint density at radius 1 is 1.14 bits per heavy atom. The van der Waals surface area contributed by atoms with Gasteiger partial charge < -0.3 is 10.4 Å². The number of nitrogens with one attached hydrogen (secondary N) is 1. The van der Waals surface area contributed by atoms with Crippen molar-refractivity contribution in [3.05, 3.63) is 69.5 Å². The summed E-state index contributed by atoms with van der Waals surface area (Å²) in [7, 11) is -3.60. The van der Waals surface area contributed by atoms with E-state index in [0.717, 1.165) is 0 Å². The van der Waals surface area contributed by atoms with E-state index >= 15 is 0 Å². The van der Waals surface area contributed by atoms with Gasteiger partial charge in [0.15, 0.2) is 9.84 Å². The van der Waals surface area contributed by atoms with Crippen LogP contribution in [0.3, 0.4) is 0 Å². The van der Waals surface area contributed by atoms with Gasteiger partial charge in [-0.2, -0.15) is 0 Å². The molecule has 0 saturated carbocycles. The van der Waals surface area contributed by atoms with Crippen molar-refractivity contribution in [2.75, 3.05) is 0 Å². The molecule has 0 radical (unpaired) electrons. The second-order valence-corrected chi connectivity index (χ2v) is 14.1. The van der Waals surface area contributed by atoms with Gasteiger partial charge in [0.2, 0.25) is 5.91 Å². The van der Waals surface area contributed by atoms with E-state index in [0.29, 0.717) is 16.1 Å². The Labute approximate surface area is 227 Å². The van der Waals surface area contributed by atoms with Gasteiger partial charge in [0, 0.05) is 22.0 Å². The number of aliphatic carboxylic acids is 1. The molecule has 1 aliphatic heterocycles. The summed E-state index contributed by atoms with van der Waals surface area (Å²) in [6.45, 7) is 6.67. The lowest BCUT2D eigenvalue weighted by Gasteiger charge is -2.45. The zero-order valence-electron chi connectivity index (χ0n) is 21.2. The first-order chi connectivity index (χ1) is 17.1. The number of hydrogen-bond donors (Lipinski definition) is 2. The fourth-order valence-electron chi connectivity index (χ4n) is 5.22. The summed E-state index contributed by atoms with van der Waals surface area (Å²) in [4.78, 5) is 24.7. The first-order valence-electron chi connectivity index (χ1n) is 12.1. The summed E-state index contributed by atoms with van der Waals surface area (Å²) in [5, 5.41) is 11.6. The van der Waals surface area contributed by atoms with Crippen LogP contribution in [-0.4, -0.2) is 36.7 Å². The minimum atomic E-state index is -3.60. The van der Waals surface area contributed by atoms with E-state index in [2.05, 4.69) is 5.32 Å². The molecule has 1 saturated heterocycles. The largest absolute Gasteiger partial charge is 0.481 e. The molecule has 10 heteroatoms. The number of sulfone groups is 1. The molecule has 2 aromatic carbocycles. The van der Waals surface area contributed by atoms with Crippen LogP contribution < -0.4 is 5.32 Å². The molecule has 0 bridgehead atoms. The topological polar surface area (TPSA) is 101 Å².